The third kappa shape index (κ3) is 2.23. The Balaban J connectivity index is 1.79. The standard InChI is InChI=1S/C22H32N2O/c1-13-9-15-10-14(2)22(4,24-12-25)18-6-5-17-20(19(15)18)16(13)7-8-21(17,3)11-23/h13-20H,5-10H2,1-4H3. The lowest BCUT2D eigenvalue weighted by molar-refractivity contribution is -0.155. The third-order valence-electron chi connectivity index (χ3n) is 9.37. The quantitative estimate of drug-likeness (QED) is 0.499. The number of isocyanates is 1. The molecule has 4 saturated carbocycles. The van der Waals surface area contributed by atoms with Gasteiger partial charge in [0.2, 0.25) is 6.08 Å². The summed E-state index contributed by atoms with van der Waals surface area (Å²) < 4.78 is 0. The Bertz CT molecular complexity index is 647. The number of carbonyl (C=O) groups excluding carboxylic acids is 1. The highest BCUT2D eigenvalue weighted by Gasteiger charge is 2.63. The fraction of sp³-hybridized carbons (Fsp3) is 0.909. The normalized spacial score (nSPS) is 56.9. The number of rotatable bonds is 1. The molecule has 4 aliphatic rings. The van der Waals surface area contributed by atoms with Crippen molar-refractivity contribution < 1.29 is 4.79 Å². The summed E-state index contributed by atoms with van der Waals surface area (Å²) in [4.78, 5) is 15.6. The van der Waals surface area contributed by atoms with E-state index in [1.165, 1.54) is 19.3 Å². The Kier molecular flexibility index (Phi) is 3.93. The van der Waals surface area contributed by atoms with Gasteiger partial charge in [0.15, 0.2) is 0 Å². The van der Waals surface area contributed by atoms with Crippen LogP contribution in [-0.4, -0.2) is 11.6 Å². The predicted molar refractivity (Wildman–Crippen MR) is 97.2 cm³/mol. The second-order valence-corrected chi connectivity index (χ2v) is 10.2. The average molecular weight is 341 g/mol. The first kappa shape index (κ1) is 17.3. The summed E-state index contributed by atoms with van der Waals surface area (Å²) in [6.45, 7) is 9.18. The number of aliphatic imine (C=N–C) groups is 1. The molecule has 0 bridgehead atoms. The zero-order valence-corrected chi connectivity index (χ0v) is 16.2. The van der Waals surface area contributed by atoms with Crippen LogP contribution in [0.3, 0.4) is 0 Å². The van der Waals surface area contributed by atoms with Gasteiger partial charge in [-0.3, -0.25) is 0 Å². The summed E-state index contributed by atoms with van der Waals surface area (Å²) in [7, 11) is 0. The molecule has 4 aliphatic carbocycles. The van der Waals surface area contributed by atoms with Crippen molar-refractivity contribution in [2.75, 3.05) is 0 Å². The summed E-state index contributed by atoms with van der Waals surface area (Å²) in [6, 6.07) is 2.72. The van der Waals surface area contributed by atoms with Crippen molar-refractivity contribution in [1.82, 2.24) is 0 Å². The smallest absolute Gasteiger partial charge is 0.211 e. The van der Waals surface area contributed by atoms with E-state index >= 15 is 0 Å². The topological polar surface area (TPSA) is 53.2 Å². The maximum absolute atomic E-state index is 11.2. The average Bonchev–Trinajstić information content (AvgIpc) is 2.59. The van der Waals surface area contributed by atoms with Crippen LogP contribution in [0.5, 0.6) is 0 Å². The summed E-state index contributed by atoms with van der Waals surface area (Å²) in [5.74, 6) is 5.13. The fourth-order valence-corrected chi connectivity index (χ4v) is 7.99. The van der Waals surface area contributed by atoms with Gasteiger partial charge in [-0.25, -0.2) is 4.79 Å². The molecule has 4 rings (SSSR count). The van der Waals surface area contributed by atoms with Gasteiger partial charge in [0, 0.05) is 0 Å². The zero-order chi connectivity index (χ0) is 18.0. The highest BCUT2D eigenvalue weighted by Crippen LogP contribution is 2.67. The minimum absolute atomic E-state index is 0.152. The van der Waals surface area contributed by atoms with Crippen molar-refractivity contribution in [2.45, 2.75) is 71.8 Å². The summed E-state index contributed by atoms with van der Waals surface area (Å²) in [5.41, 5.74) is -0.402. The van der Waals surface area contributed by atoms with Crippen molar-refractivity contribution in [3.8, 4) is 6.07 Å². The summed E-state index contributed by atoms with van der Waals surface area (Å²) in [6.07, 6.45) is 9.00. The molecule has 0 aliphatic heterocycles. The molecule has 0 aromatic carbocycles. The number of nitrogens with zero attached hydrogens (tertiary/aromatic N) is 2. The fourth-order valence-electron chi connectivity index (χ4n) is 7.99. The lowest BCUT2D eigenvalue weighted by atomic mass is 9.39. The molecular formula is C22H32N2O. The Morgan fingerprint density at radius 2 is 1.76 bits per heavy atom. The van der Waals surface area contributed by atoms with Crippen molar-refractivity contribution in [2.24, 2.45) is 57.8 Å². The van der Waals surface area contributed by atoms with E-state index in [1.54, 1.807) is 0 Å². The largest absolute Gasteiger partial charge is 0.235 e. The first-order valence-electron chi connectivity index (χ1n) is 10.4. The third-order valence-corrected chi connectivity index (χ3v) is 9.37. The molecule has 0 aromatic rings. The van der Waals surface area contributed by atoms with Gasteiger partial charge in [-0.2, -0.15) is 10.3 Å². The molecule has 0 spiro atoms. The van der Waals surface area contributed by atoms with Crippen LogP contribution in [0.2, 0.25) is 0 Å². The maximum Gasteiger partial charge on any atom is 0.235 e. The minimum Gasteiger partial charge on any atom is -0.211 e. The molecule has 3 heteroatoms. The van der Waals surface area contributed by atoms with Gasteiger partial charge in [-0.05, 0) is 99.7 Å². The second-order valence-electron chi connectivity index (χ2n) is 10.2. The van der Waals surface area contributed by atoms with Crippen molar-refractivity contribution >= 4 is 6.08 Å². The van der Waals surface area contributed by atoms with E-state index in [4.69, 9.17) is 0 Å². The van der Waals surface area contributed by atoms with E-state index in [2.05, 4.69) is 38.8 Å². The monoisotopic (exact) mass is 340 g/mol. The van der Waals surface area contributed by atoms with Crippen LogP contribution in [0.4, 0.5) is 0 Å². The predicted octanol–water partition coefficient (Wildman–Crippen LogP) is 4.98. The number of hydrogen-bond donors (Lipinski definition) is 0. The molecule has 10 atom stereocenters. The van der Waals surface area contributed by atoms with Crippen LogP contribution in [0.25, 0.3) is 0 Å². The van der Waals surface area contributed by atoms with Crippen molar-refractivity contribution in [1.29, 1.82) is 5.26 Å². The van der Waals surface area contributed by atoms with Gasteiger partial charge in [-0.1, -0.05) is 13.8 Å². The van der Waals surface area contributed by atoms with Gasteiger partial charge < -0.3 is 0 Å². The Morgan fingerprint density at radius 1 is 1.04 bits per heavy atom. The van der Waals surface area contributed by atoms with E-state index in [0.29, 0.717) is 29.6 Å². The first-order chi connectivity index (χ1) is 11.9. The maximum atomic E-state index is 11.2. The van der Waals surface area contributed by atoms with Crippen molar-refractivity contribution in [3.05, 3.63) is 0 Å². The number of nitriles is 1. The van der Waals surface area contributed by atoms with Crippen LogP contribution in [0, 0.1) is 64.1 Å². The van der Waals surface area contributed by atoms with E-state index in [9.17, 15) is 10.1 Å². The Labute approximate surface area is 152 Å². The van der Waals surface area contributed by atoms with Crippen LogP contribution < -0.4 is 0 Å². The van der Waals surface area contributed by atoms with Gasteiger partial charge in [0.1, 0.15) is 0 Å². The van der Waals surface area contributed by atoms with Crippen LogP contribution in [-0.2, 0) is 4.79 Å². The second kappa shape index (κ2) is 5.68. The highest BCUT2D eigenvalue weighted by molar-refractivity contribution is 5.36. The molecule has 0 aromatic heterocycles. The highest BCUT2D eigenvalue weighted by atomic mass is 16.1. The van der Waals surface area contributed by atoms with Gasteiger partial charge in [0.05, 0.1) is 17.0 Å². The van der Waals surface area contributed by atoms with E-state index in [-0.39, 0.29) is 11.0 Å². The molecule has 3 nitrogen and oxygen atoms in total. The molecule has 0 saturated heterocycles. The SMILES string of the molecule is CC1CC2CC(C)C(C)(N=C=O)C3CCC4C(C1CCC4(C)C#N)C23. The zero-order valence-electron chi connectivity index (χ0n) is 16.2. The Morgan fingerprint density at radius 3 is 2.44 bits per heavy atom. The summed E-state index contributed by atoms with van der Waals surface area (Å²) in [5, 5.41) is 9.93. The van der Waals surface area contributed by atoms with Crippen molar-refractivity contribution in [3.63, 3.8) is 0 Å². The molecule has 0 radical (unpaired) electrons. The van der Waals surface area contributed by atoms with Gasteiger partial charge >= 0.3 is 0 Å². The summed E-state index contributed by atoms with van der Waals surface area (Å²) >= 11 is 0. The molecule has 4 fully saturated rings. The number of hydrogen-bond acceptors (Lipinski definition) is 3. The van der Waals surface area contributed by atoms with Crippen LogP contribution >= 0.6 is 0 Å². The minimum atomic E-state index is -0.250. The lowest BCUT2D eigenvalue weighted by Gasteiger charge is -2.65. The van der Waals surface area contributed by atoms with Crippen LogP contribution in [0.15, 0.2) is 4.99 Å². The molecule has 0 N–H and O–H groups in total. The molecule has 0 heterocycles. The molecule has 0 amide bonds. The molecule has 136 valence electrons. The Hall–Kier alpha value is -1.13. The van der Waals surface area contributed by atoms with Gasteiger partial charge in [0.25, 0.3) is 0 Å². The molecule has 25 heavy (non-hydrogen) atoms. The van der Waals surface area contributed by atoms with Gasteiger partial charge in [-0.15, -0.1) is 0 Å². The van der Waals surface area contributed by atoms with E-state index in [0.717, 1.165) is 37.0 Å². The van der Waals surface area contributed by atoms with E-state index < -0.39 is 0 Å². The molecule has 10 unspecified atom stereocenters. The first-order valence-corrected chi connectivity index (χ1v) is 10.4. The van der Waals surface area contributed by atoms with E-state index in [1.807, 2.05) is 6.08 Å². The molecular weight excluding hydrogens is 308 g/mol. The lowest BCUT2D eigenvalue weighted by Crippen LogP contribution is -2.62. The van der Waals surface area contributed by atoms with Crippen LogP contribution in [0.1, 0.15) is 66.2 Å².